The highest BCUT2D eigenvalue weighted by molar-refractivity contribution is 5.69. The van der Waals surface area contributed by atoms with Crippen molar-refractivity contribution in [3.05, 3.63) is 41.2 Å². The van der Waals surface area contributed by atoms with Crippen molar-refractivity contribution in [1.82, 2.24) is 9.97 Å². The van der Waals surface area contributed by atoms with E-state index < -0.39 is 11.7 Å². The quantitative estimate of drug-likeness (QED) is 0.851. The number of rotatable bonds is 2. The Labute approximate surface area is 125 Å². The maximum atomic E-state index is 13.0. The summed E-state index contributed by atoms with van der Waals surface area (Å²) in [6.45, 7) is 2.11. The number of aryl methyl sites for hydroxylation is 1. The number of pyridine rings is 2. The van der Waals surface area contributed by atoms with Crippen LogP contribution in [0.1, 0.15) is 16.8 Å². The van der Waals surface area contributed by atoms with Gasteiger partial charge in [-0.2, -0.15) is 13.2 Å². The Kier molecular flexibility index (Phi) is 3.42. The highest BCUT2D eigenvalue weighted by Crippen LogP contribution is 2.39. The van der Waals surface area contributed by atoms with Crippen molar-refractivity contribution in [3.8, 4) is 5.88 Å². The number of alkyl halides is 3. The average Bonchev–Trinajstić information content (AvgIpc) is 2.89. The van der Waals surface area contributed by atoms with Crippen molar-refractivity contribution in [2.45, 2.75) is 19.5 Å². The first-order valence-corrected chi connectivity index (χ1v) is 6.75. The summed E-state index contributed by atoms with van der Waals surface area (Å²) in [5.74, 6) is 0.794. The molecule has 0 saturated heterocycles. The molecule has 0 amide bonds. The third-order valence-corrected chi connectivity index (χ3v) is 3.60. The second kappa shape index (κ2) is 5.15. The molecule has 2 aromatic heterocycles. The Morgan fingerprint density at radius 3 is 2.73 bits per heavy atom. The Hall–Kier alpha value is -2.31. The van der Waals surface area contributed by atoms with Gasteiger partial charge in [-0.3, -0.25) is 0 Å². The lowest BCUT2D eigenvalue weighted by Crippen LogP contribution is -2.17. The largest absolute Gasteiger partial charge is 0.481 e. The molecule has 7 heteroatoms. The molecule has 0 N–H and O–H groups in total. The van der Waals surface area contributed by atoms with Gasteiger partial charge in [0, 0.05) is 24.0 Å². The second-order valence-electron chi connectivity index (χ2n) is 5.07. The van der Waals surface area contributed by atoms with Crippen LogP contribution in [0.2, 0.25) is 0 Å². The fourth-order valence-corrected chi connectivity index (χ4v) is 2.66. The third-order valence-electron chi connectivity index (χ3n) is 3.60. The van der Waals surface area contributed by atoms with E-state index in [-0.39, 0.29) is 0 Å². The van der Waals surface area contributed by atoms with E-state index in [9.17, 15) is 13.2 Å². The van der Waals surface area contributed by atoms with E-state index in [0.717, 1.165) is 23.4 Å². The van der Waals surface area contributed by atoms with E-state index in [2.05, 4.69) is 9.97 Å². The number of aromatic nitrogens is 2. The molecule has 0 radical (unpaired) electrons. The first-order valence-electron chi connectivity index (χ1n) is 6.75. The predicted octanol–water partition coefficient (Wildman–Crippen LogP) is 3.51. The molecule has 3 heterocycles. The number of fused-ring (bicyclic) bond motifs is 1. The summed E-state index contributed by atoms with van der Waals surface area (Å²) >= 11 is 0. The van der Waals surface area contributed by atoms with Gasteiger partial charge >= 0.3 is 6.18 Å². The minimum Gasteiger partial charge on any atom is -0.481 e. The summed E-state index contributed by atoms with van der Waals surface area (Å²) in [6, 6.07) is 3.89. The van der Waals surface area contributed by atoms with Gasteiger partial charge in [-0.25, -0.2) is 9.97 Å². The van der Waals surface area contributed by atoms with Crippen LogP contribution in [0, 0.1) is 6.92 Å². The van der Waals surface area contributed by atoms with Crippen molar-refractivity contribution in [1.29, 1.82) is 0 Å². The molecule has 1 aliphatic rings. The molecule has 3 rings (SSSR count). The zero-order chi connectivity index (χ0) is 15.9. The lowest BCUT2D eigenvalue weighted by Gasteiger charge is -2.20. The number of nitrogens with zero attached hydrogens (tertiary/aromatic N) is 3. The van der Waals surface area contributed by atoms with E-state index in [1.165, 1.54) is 7.11 Å². The minimum absolute atomic E-state index is 0.291. The number of ether oxygens (including phenoxy) is 1. The predicted molar refractivity (Wildman–Crippen MR) is 75.5 cm³/mol. The Balaban J connectivity index is 2.07. The Bertz CT molecular complexity index is 716. The van der Waals surface area contributed by atoms with Gasteiger partial charge in [-0.15, -0.1) is 0 Å². The van der Waals surface area contributed by atoms with Crippen LogP contribution in [-0.4, -0.2) is 23.6 Å². The van der Waals surface area contributed by atoms with Crippen molar-refractivity contribution in [2.75, 3.05) is 18.6 Å². The molecule has 0 aliphatic carbocycles. The molecule has 116 valence electrons. The van der Waals surface area contributed by atoms with Gasteiger partial charge in [0.1, 0.15) is 5.82 Å². The van der Waals surface area contributed by atoms with Gasteiger partial charge in [0.2, 0.25) is 5.88 Å². The maximum Gasteiger partial charge on any atom is 0.416 e. The second-order valence-corrected chi connectivity index (χ2v) is 5.07. The van der Waals surface area contributed by atoms with E-state index in [0.29, 0.717) is 30.4 Å². The van der Waals surface area contributed by atoms with Crippen LogP contribution in [-0.2, 0) is 12.6 Å². The zero-order valence-corrected chi connectivity index (χ0v) is 12.1. The molecule has 0 aromatic carbocycles. The highest BCUT2D eigenvalue weighted by Gasteiger charge is 2.33. The first kappa shape index (κ1) is 14.6. The van der Waals surface area contributed by atoms with Crippen LogP contribution in [0.25, 0.3) is 0 Å². The summed E-state index contributed by atoms with van der Waals surface area (Å²) in [6.07, 6.45) is -2.15. The molecule has 0 atom stereocenters. The number of methoxy groups -OCH3 is 1. The smallest absolute Gasteiger partial charge is 0.416 e. The van der Waals surface area contributed by atoms with Crippen LogP contribution in [0.15, 0.2) is 24.4 Å². The first-order chi connectivity index (χ1) is 10.4. The van der Waals surface area contributed by atoms with Crippen LogP contribution >= 0.6 is 0 Å². The standard InChI is InChI=1S/C15H14F3N3O/c1-9-7-10(15(16,17)18)8-13(20-9)21-6-4-11-12(21)3-5-19-14(11)22-2/h3,5,7-8H,4,6H2,1-2H3. The van der Waals surface area contributed by atoms with E-state index in [4.69, 9.17) is 4.74 Å². The molecule has 22 heavy (non-hydrogen) atoms. The molecular weight excluding hydrogens is 295 g/mol. The fraction of sp³-hybridized carbons (Fsp3) is 0.333. The van der Waals surface area contributed by atoms with E-state index in [1.807, 2.05) is 0 Å². The average molecular weight is 309 g/mol. The normalized spacial score (nSPS) is 14.1. The number of hydrogen-bond acceptors (Lipinski definition) is 4. The lowest BCUT2D eigenvalue weighted by molar-refractivity contribution is -0.137. The van der Waals surface area contributed by atoms with Gasteiger partial charge in [0.15, 0.2) is 0 Å². The van der Waals surface area contributed by atoms with Gasteiger partial charge in [-0.05, 0) is 31.5 Å². The number of hydrogen-bond donors (Lipinski definition) is 0. The molecule has 0 spiro atoms. The summed E-state index contributed by atoms with van der Waals surface area (Å²) in [5, 5.41) is 0. The lowest BCUT2D eigenvalue weighted by atomic mass is 10.2. The minimum atomic E-state index is -4.39. The van der Waals surface area contributed by atoms with Gasteiger partial charge < -0.3 is 9.64 Å². The van der Waals surface area contributed by atoms with Crippen LogP contribution < -0.4 is 9.64 Å². The zero-order valence-electron chi connectivity index (χ0n) is 12.1. The SMILES string of the molecule is COc1nccc2c1CCN2c1cc(C(F)(F)F)cc(C)n1. The Morgan fingerprint density at radius 2 is 2.05 bits per heavy atom. The third kappa shape index (κ3) is 2.47. The van der Waals surface area contributed by atoms with Gasteiger partial charge in [0.05, 0.1) is 18.4 Å². The van der Waals surface area contributed by atoms with Crippen LogP contribution in [0.3, 0.4) is 0 Å². The topological polar surface area (TPSA) is 38.2 Å². The van der Waals surface area contributed by atoms with E-state index in [1.54, 1.807) is 24.1 Å². The summed E-state index contributed by atoms with van der Waals surface area (Å²) < 4.78 is 44.1. The summed E-state index contributed by atoms with van der Waals surface area (Å²) in [7, 11) is 1.53. The van der Waals surface area contributed by atoms with Gasteiger partial charge in [-0.1, -0.05) is 0 Å². The van der Waals surface area contributed by atoms with Crippen LogP contribution in [0.5, 0.6) is 5.88 Å². The monoisotopic (exact) mass is 309 g/mol. The molecule has 0 saturated carbocycles. The van der Waals surface area contributed by atoms with Crippen molar-refractivity contribution in [3.63, 3.8) is 0 Å². The molecule has 2 aromatic rings. The fourth-order valence-electron chi connectivity index (χ4n) is 2.66. The molecular formula is C15H14F3N3O. The highest BCUT2D eigenvalue weighted by atomic mass is 19.4. The molecule has 4 nitrogen and oxygen atoms in total. The molecule has 0 fully saturated rings. The van der Waals surface area contributed by atoms with Crippen LogP contribution in [0.4, 0.5) is 24.7 Å². The van der Waals surface area contributed by atoms with Crippen molar-refractivity contribution >= 4 is 11.5 Å². The maximum absolute atomic E-state index is 13.0. The molecule has 0 unspecified atom stereocenters. The van der Waals surface area contributed by atoms with Crippen molar-refractivity contribution < 1.29 is 17.9 Å². The van der Waals surface area contributed by atoms with Crippen molar-refractivity contribution in [2.24, 2.45) is 0 Å². The summed E-state index contributed by atoms with van der Waals surface area (Å²) in [5.41, 5.74) is 1.32. The Morgan fingerprint density at radius 1 is 1.27 bits per heavy atom. The van der Waals surface area contributed by atoms with E-state index >= 15 is 0 Å². The molecule has 0 bridgehead atoms. The number of halogens is 3. The van der Waals surface area contributed by atoms with Gasteiger partial charge in [0.25, 0.3) is 0 Å². The number of anilines is 2. The molecule has 1 aliphatic heterocycles. The summed E-state index contributed by atoms with van der Waals surface area (Å²) in [4.78, 5) is 10.1.